The van der Waals surface area contributed by atoms with Crippen LogP contribution >= 0.6 is 0 Å². The average molecular weight is 271 g/mol. The molecule has 4 nitrogen and oxygen atoms in total. The molecule has 1 atom stereocenters. The summed E-state index contributed by atoms with van der Waals surface area (Å²) < 4.78 is 5.64. The lowest BCUT2D eigenvalue weighted by Crippen LogP contribution is -2.30. The molecule has 4 heteroatoms. The number of carbonyl (C=O) groups is 1. The molecule has 0 spiro atoms. The van der Waals surface area contributed by atoms with E-state index in [1.807, 2.05) is 30.3 Å². The van der Waals surface area contributed by atoms with Crippen LogP contribution < -0.4 is 10.1 Å². The maximum Gasteiger partial charge on any atom is 0.251 e. The molecule has 0 saturated heterocycles. The highest BCUT2D eigenvalue weighted by Crippen LogP contribution is 2.20. The van der Waals surface area contributed by atoms with Gasteiger partial charge in [0, 0.05) is 12.1 Å². The Labute approximate surface area is 118 Å². The van der Waals surface area contributed by atoms with E-state index in [2.05, 4.69) is 5.32 Å². The summed E-state index contributed by atoms with van der Waals surface area (Å²) in [6.45, 7) is 1.86. The molecule has 0 aliphatic heterocycles. The van der Waals surface area contributed by atoms with Crippen molar-refractivity contribution in [2.45, 2.75) is 13.0 Å². The van der Waals surface area contributed by atoms with E-state index in [9.17, 15) is 4.79 Å². The van der Waals surface area contributed by atoms with E-state index in [1.54, 1.807) is 31.2 Å². The third kappa shape index (κ3) is 4.10. The van der Waals surface area contributed by atoms with Crippen molar-refractivity contribution in [1.29, 1.82) is 0 Å². The van der Waals surface area contributed by atoms with Crippen LogP contribution in [0.15, 0.2) is 54.6 Å². The largest absolute Gasteiger partial charge is 0.457 e. The Bertz CT molecular complexity index is 550. The van der Waals surface area contributed by atoms with E-state index in [4.69, 9.17) is 9.84 Å². The summed E-state index contributed by atoms with van der Waals surface area (Å²) in [6.07, 6.45) is -0.556. The smallest absolute Gasteiger partial charge is 0.251 e. The van der Waals surface area contributed by atoms with Crippen molar-refractivity contribution in [2.75, 3.05) is 6.54 Å². The van der Waals surface area contributed by atoms with Gasteiger partial charge in [0.2, 0.25) is 0 Å². The topological polar surface area (TPSA) is 58.6 Å². The van der Waals surface area contributed by atoms with Gasteiger partial charge in [-0.1, -0.05) is 18.2 Å². The average Bonchev–Trinajstić information content (AvgIpc) is 2.46. The van der Waals surface area contributed by atoms with Crippen LogP contribution in [0.3, 0.4) is 0 Å². The fourth-order valence-corrected chi connectivity index (χ4v) is 1.64. The summed E-state index contributed by atoms with van der Waals surface area (Å²) in [5, 5.41) is 11.8. The van der Waals surface area contributed by atoms with Gasteiger partial charge in [-0.3, -0.25) is 4.79 Å². The van der Waals surface area contributed by atoms with Crippen molar-refractivity contribution in [3.05, 3.63) is 60.2 Å². The maximum atomic E-state index is 11.8. The van der Waals surface area contributed by atoms with Crippen molar-refractivity contribution in [3.8, 4) is 11.5 Å². The Balaban J connectivity index is 1.97. The number of carbonyl (C=O) groups excluding carboxylic acids is 1. The molecule has 2 N–H and O–H groups in total. The molecule has 2 rings (SSSR count). The normalized spacial score (nSPS) is 11.7. The minimum Gasteiger partial charge on any atom is -0.457 e. The molecule has 0 fully saturated rings. The second-order valence-electron chi connectivity index (χ2n) is 4.50. The zero-order valence-corrected chi connectivity index (χ0v) is 11.2. The Morgan fingerprint density at radius 1 is 1.10 bits per heavy atom. The highest BCUT2D eigenvalue weighted by Gasteiger charge is 2.06. The van der Waals surface area contributed by atoms with Crippen molar-refractivity contribution in [1.82, 2.24) is 5.32 Å². The molecule has 0 heterocycles. The van der Waals surface area contributed by atoms with Crippen LogP contribution in [0, 0.1) is 0 Å². The van der Waals surface area contributed by atoms with Gasteiger partial charge in [-0.05, 0) is 43.3 Å². The van der Waals surface area contributed by atoms with E-state index in [1.165, 1.54) is 0 Å². The van der Waals surface area contributed by atoms with Crippen molar-refractivity contribution in [2.24, 2.45) is 0 Å². The standard InChI is InChI=1S/C16H17NO3/c1-12(18)11-17-16(19)13-7-9-15(10-8-13)20-14-5-3-2-4-6-14/h2-10,12,18H,11H2,1H3,(H,17,19). The zero-order valence-electron chi connectivity index (χ0n) is 11.2. The molecule has 0 bridgehead atoms. The van der Waals surface area contributed by atoms with Crippen LogP contribution in [0.1, 0.15) is 17.3 Å². The van der Waals surface area contributed by atoms with Gasteiger partial charge in [0.25, 0.3) is 5.91 Å². The van der Waals surface area contributed by atoms with E-state index in [0.717, 1.165) is 5.75 Å². The first-order valence-corrected chi connectivity index (χ1v) is 6.44. The molecule has 0 radical (unpaired) electrons. The fourth-order valence-electron chi connectivity index (χ4n) is 1.64. The molecular weight excluding hydrogens is 254 g/mol. The Kier molecular flexibility index (Phi) is 4.74. The van der Waals surface area contributed by atoms with E-state index in [0.29, 0.717) is 11.3 Å². The van der Waals surface area contributed by atoms with Gasteiger partial charge in [-0.25, -0.2) is 0 Å². The number of aliphatic hydroxyl groups is 1. The highest BCUT2D eigenvalue weighted by atomic mass is 16.5. The van der Waals surface area contributed by atoms with Gasteiger partial charge in [0.1, 0.15) is 11.5 Å². The quantitative estimate of drug-likeness (QED) is 0.878. The minimum absolute atomic E-state index is 0.211. The number of aliphatic hydroxyl groups excluding tert-OH is 1. The summed E-state index contributed by atoms with van der Waals surface area (Å²) in [4.78, 5) is 11.8. The van der Waals surface area contributed by atoms with Crippen molar-refractivity contribution < 1.29 is 14.6 Å². The van der Waals surface area contributed by atoms with Gasteiger partial charge in [0.05, 0.1) is 6.10 Å². The second kappa shape index (κ2) is 6.73. The predicted octanol–water partition coefficient (Wildman–Crippen LogP) is 2.59. The lowest BCUT2D eigenvalue weighted by Gasteiger charge is -2.08. The molecule has 2 aromatic carbocycles. The molecule has 0 saturated carbocycles. The van der Waals surface area contributed by atoms with Crippen LogP contribution in [0.4, 0.5) is 0 Å². The van der Waals surface area contributed by atoms with E-state index < -0.39 is 6.10 Å². The summed E-state index contributed by atoms with van der Waals surface area (Å²) in [5.41, 5.74) is 0.533. The maximum absolute atomic E-state index is 11.8. The van der Waals surface area contributed by atoms with Crippen molar-refractivity contribution in [3.63, 3.8) is 0 Å². The number of ether oxygens (including phenoxy) is 1. The lowest BCUT2D eigenvalue weighted by molar-refractivity contribution is 0.0924. The number of rotatable bonds is 5. The molecule has 0 aliphatic rings. The Hall–Kier alpha value is -2.33. The number of hydrogen-bond donors (Lipinski definition) is 2. The zero-order chi connectivity index (χ0) is 14.4. The number of amides is 1. The first kappa shape index (κ1) is 14.1. The number of benzene rings is 2. The Morgan fingerprint density at radius 2 is 1.70 bits per heavy atom. The summed E-state index contributed by atoms with van der Waals surface area (Å²) in [6, 6.07) is 16.3. The third-order valence-corrected chi connectivity index (χ3v) is 2.65. The van der Waals surface area contributed by atoms with Crippen LogP contribution in [0.2, 0.25) is 0 Å². The first-order valence-electron chi connectivity index (χ1n) is 6.44. The van der Waals surface area contributed by atoms with Gasteiger partial charge < -0.3 is 15.2 Å². The van der Waals surface area contributed by atoms with Crippen LogP contribution in [0.5, 0.6) is 11.5 Å². The van der Waals surface area contributed by atoms with Crippen LogP contribution in [-0.2, 0) is 0 Å². The van der Waals surface area contributed by atoms with Crippen LogP contribution in [0.25, 0.3) is 0 Å². The molecule has 1 unspecified atom stereocenters. The Morgan fingerprint density at radius 3 is 2.30 bits per heavy atom. The van der Waals surface area contributed by atoms with Gasteiger partial charge >= 0.3 is 0 Å². The molecule has 0 aliphatic carbocycles. The summed E-state index contributed by atoms with van der Waals surface area (Å²) >= 11 is 0. The fraction of sp³-hybridized carbons (Fsp3) is 0.188. The number of nitrogens with one attached hydrogen (secondary N) is 1. The molecule has 2 aromatic rings. The predicted molar refractivity (Wildman–Crippen MR) is 77.0 cm³/mol. The van der Waals surface area contributed by atoms with Gasteiger partial charge in [0.15, 0.2) is 0 Å². The minimum atomic E-state index is -0.556. The summed E-state index contributed by atoms with van der Waals surface area (Å²) in [7, 11) is 0. The molecular formula is C16H17NO3. The van der Waals surface area contributed by atoms with Crippen LogP contribution in [-0.4, -0.2) is 23.7 Å². The molecule has 104 valence electrons. The monoisotopic (exact) mass is 271 g/mol. The summed E-state index contributed by atoms with van der Waals surface area (Å²) in [5.74, 6) is 1.21. The van der Waals surface area contributed by atoms with E-state index in [-0.39, 0.29) is 12.5 Å². The second-order valence-corrected chi connectivity index (χ2v) is 4.50. The number of para-hydroxylation sites is 1. The third-order valence-electron chi connectivity index (χ3n) is 2.65. The van der Waals surface area contributed by atoms with Gasteiger partial charge in [-0.2, -0.15) is 0 Å². The molecule has 20 heavy (non-hydrogen) atoms. The molecule has 0 aromatic heterocycles. The molecule has 1 amide bonds. The van der Waals surface area contributed by atoms with E-state index >= 15 is 0 Å². The lowest BCUT2D eigenvalue weighted by atomic mass is 10.2. The SMILES string of the molecule is CC(O)CNC(=O)c1ccc(Oc2ccccc2)cc1. The van der Waals surface area contributed by atoms with Crippen molar-refractivity contribution >= 4 is 5.91 Å². The first-order chi connectivity index (χ1) is 9.65. The highest BCUT2D eigenvalue weighted by molar-refractivity contribution is 5.94. The number of hydrogen-bond acceptors (Lipinski definition) is 3. The van der Waals surface area contributed by atoms with Gasteiger partial charge in [-0.15, -0.1) is 0 Å².